The number of hydrogen-bond donors (Lipinski definition) is 2. The van der Waals surface area contributed by atoms with E-state index in [-0.39, 0.29) is 22.6 Å². The number of pyridine rings is 2. The first-order chi connectivity index (χ1) is 18.2. The molecule has 0 fully saturated rings. The minimum atomic E-state index is -4.61. The molecule has 4 aromatic heterocycles. The second-order valence-electron chi connectivity index (χ2n) is 8.04. The molecule has 2 N–H and O–H groups in total. The van der Waals surface area contributed by atoms with Crippen LogP contribution in [0.4, 0.5) is 23.8 Å². The Kier molecular flexibility index (Phi) is 8.20. The lowest BCUT2D eigenvalue weighted by Gasteiger charge is -2.13. The fraction of sp³-hybridized carbons (Fsp3) is 0.333. The number of hydrogen-bond acceptors (Lipinski definition) is 9. The molecule has 0 aliphatic carbocycles. The minimum absolute atomic E-state index is 0.0899. The molecule has 0 aliphatic rings. The molecule has 0 unspecified atom stereocenters. The molecule has 4 aromatic rings. The van der Waals surface area contributed by atoms with Crippen LogP contribution in [-0.2, 0) is 6.18 Å². The number of urea groups is 1. The molecular formula is C24H24F3N7O3S. The molecule has 2 amide bonds. The molecule has 0 aliphatic heterocycles. The SMILES string of the molecule is CCCCOc1ncc(-c2cnc(NC(=O)NCC)cc2-c2nc(C(F)(F)F)cs2)cc1-c1nnc(C)o1. The van der Waals surface area contributed by atoms with Crippen molar-refractivity contribution in [2.75, 3.05) is 18.5 Å². The summed E-state index contributed by atoms with van der Waals surface area (Å²) in [5.41, 5.74) is 0.652. The van der Waals surface area contributed by atoms with E-state index in [9.17, 15) is 18.0 Å². The lowest BCUT2D eigenvalue weighted by atomic mass is 10.0. The molecule has 200 valence electrons. The Balaban J connectivity index is 1.82. The first-order valence-electron chi connectivity index (χ1n) is 11.7. The first kappa shape index (κ1) is 27.0. The summed E-state index contributed by atoms with van der Waals surface area (Å²) in [4.78, 5) is 24.5. The zero-order valence-electron chi connectivity index (χ0n) is 20.7. The van der Waals surface area contributed by atoms with Gasteiger partial charge in [-0.3, -0.25) is 5.32 Å². The van der Waals surface area contributed by atoms with Gasteiger partial charge in [-0.2, -0.15) is 13.2 Å². The number of carbonyl (C=O) groups is 1. The van der Waals surface area contributed by atoms with Gasteiger partial charge in [0.1, 0.15) is 16.4 Å². The van der Waals surface area contributed by atoms with Crippen molar-refractivity contribution < 1.29 is 27.1 Å². The third-order valence-electron chi connectivity index (χ3n) is 5.16. The highest BCUT2D eigenvalue weighted by atomic mass is 32.1. The second kappa shape index (κ2) is 11.5. The molecule has 0 aromatic carbocycles. The number of alkyl halides is 3. The van der Waals surface area contributed by atoms with Gasteiger partial charge in [0.2, 0.25) is 11.8 Å². The van der Waals surface area contributed by atoms with Crippen LogP contribution in [0.1, 0.15) is 38.3 Å². The van der Waals surface area contributed by atoms with Gasteiger partial charge in [0.05, 0.1) is 6.61 Å². The van der Waals surface area contributed by atoms with Crippen LogP contribution in [0, 0.1) is 6.92 Å². The van der Waals surface area contributed by atoms with Gasteiger partial charge in [-0.1, -0.05) is 13.3 Å². The van der Waals surface area contributed by atoms with Gasteiger partial charge in [0.15, 0.2) is 5.69 Å². The largest absolute Gasteiger partial charge is 0.477 e. The maximum absolute atomic E-state index is 13.3. The summed E-state index contributed by atoms with van der Waals surface area (Å²) in [5.74, 6) is 0.943. The molecule has 0 saturated heterocycles. The normalized spacial score (nSPS) is 11.4. The van der Waals surface area contributed by atoms with Crippen LogP contribution in [0.3, 0.4) is 0 Å². The predicted molar refractivity (Wildman–Crippen MR) is 135 cm³/mol. The number of carbonyl (C=O) groups excluding carboxylic acids is 1. The van der Waals surface area contributed by atoms with Gasteiger partial charge in [0.25, 0.3) is 5.89 Å². The number of unbranched alkanes of at least 4 members (excludes halogenated alkanes) is 1. The summed E-state index contributed by atoms with van der Waals surface area (Å²) in [5, 5.41) is 14.1. The van der Waals surface area contributed by atoms with Crippen molar-refractivity contribution in [1.82, 2.24) is 30.5 Å². The van der Waals surface area contributed by atoms with Crippen molar-refractivity contribution in [3.63, 3.8) is 0 Å². The Labute approximate surface area is 219 Å². The van der Waals surface area contributed by atoms with E-state index < -0.39 is 17.9 Å². The first-order valence-corrected chi connectivity index (χ1v) is 12.6. The van der Waals surface area contributed by atoms with E-state index in [1.807, 2.05) is 6.92 Å². The van der Waals surface area contributed by atoms with Gasteiger partial charge >= 0.3 is 12.2 Å². The second-order valence-corrected chi connectivity index (χ2v) is 8.90. The molecule has 0 spiro atoms. The van der Waals surface area contributed by atoms with Crippen LogP contribution in [0.15, 0.2) is 34.3 Å². The summed E-state index contributed by atoms with van der Waals surface area (Å²) in [6.07, 6.45) is 0.0801. The van der Waals surface area contributed by atoms with Crippen LogP contribution in [0.25, 0.3) is 33.2 Å². The molecule has 4 rings (SSSR count). The number of aryl methyl sites for hydroxylation is 1. The number of nitrogens with one attached hydrogen (secondary N) is 2. The van der Waals surface area contributed by atoms with E-state index in [4.69, 9.17) is 9.15 Å². The Morgan fingerprint density at radius 2 is 1.92 bits per heavy atom. The highest BCUT2D eigenvalue weighted by Gasteiger charge is 2.34. The maximum Gasteiger partial charge on any atom is 0.434 e. The van der Waals surface area contributed by atoms with Gasteiger partial charge in [-0.25, -0.2) is 19.7 Å². The van der Waals surface area contributed by atoms with Crippen LogP contribution >= 0.6 is 11.3 Å². The number of rotatable bonds is 9. The summed E-state index contributed by atoms with van der Waals surface area (Å²) in [7, 11) is 0. The fourth-order valence-electron chi connectivity index (χ4n) is 3.37. The number of halogens is 3. The van der Waals surface area contributed by atoms with E-state index >= 15 is 0 Å². The van der Waals surface area contributed by atoms with Crippen molar-refractivity contribution in [2.45, 2.75) is 39.8 Å². The molecule has 10 nitrogen and oxygen atoms in total. The number of amides is 2. The Hall–Kier alpha value is -4.07. The monoisotopic (exact) mass is 547 g/mol. The zero-order valence-corrected chi connectivity index (χ0v) is 21.5. The van der Waals surface area contributed by atoms with E-state index in [1.54, 1.807) is 19.9 Å². The number of thiazole rings is 1. The smallest absolute Gasteiger partial charge is 0.434 e. The minimum Gasteiger partial charge on any atom is -0.477 e. The summed E-state index contributed by atoms with van der Waals surface area (Å²) in [6, 6.07) is 2.65. The van der Waals surface area contributed by atoms with Crippen molar-refractivity contribution in [1.29, 1.82) is 0 Å². The van der Waals surface area contributed by atoms with E-state index in [0.717, 1.165) is 29.6 Å². The molecule has 4 heterocycles. The third-order valence-corrected chi connectivity index (χ3v) is 6.04. The lowest BCUT2D eigenvalue weighted by Crippen LogP contribution is -2.28. The third kappa shape index (κ3) is 6.25. The standard InChI is InChI=1S/C24H24F3N7O3S/c1-4-6-7-36-20-16(21-34-33-13(3)37-21)8-14(10-30-20)17-11-29-19(32-23(35)28-5-2)9-15(17)22-31-18(12-38-22)24(25,26)27/h8-12H,4-7H2,1-3H3,(H2,28,29,32,35). The van der Waals surface area contributed by atoms with Gasteiger partial charge in [-0.15, -0.1) is 21.5 Å². The van der Waals surface area contributed by atoms with Crippen molar-refractivity contribution in [3.05, 3.63) is 41.5 Å². The molecule has 0 saturated carbocycles. The number of aromatic nitrogens is 5. The molecule has 0 radical (unpaired) electrons. The van der Waals surface area contributed by atoms with Crippen molar-refractivity contribution >= 4 is 23.2 Å². The number of nitrogens with zero attached hydrogens (tertiary/aromatic N) is 5. The Morgan fingerprint density at radius 3 is 2.58 bits per heavy atom. The maximum atomic E-state index is 13.3. The van der Waals surface area contributed by atoms with E-state index in [2.05, 4.69) is 35.8 Å². The molecule has 14 heteroatoms. The van der Waals surface area contributed by atoms with E-state index in [0.29, 0.717) is 41.3 Å². The topological polar surface area (TPSA) is 128 Å². The predicted octanol–water partition coefficient (Wildman–Crippen LogP) is 5.96. The molecule has 38 heavy (non-hydrogen) atoms. The number of ether oxygens (including phenoxy) is 1. The molecule has 0 bridgehead atoms. The lowest BCUT2D eigenvalue weighted by molar-refractivity contribution is -0.140. The van der Waals surface area contributed by atoms with Gasteiger partial charge in [0, 0.05) is 47.9 Å². The highest BCUT2D eigenvalue weighted by molar-refractivity contribution is 7.13. The van der Waals surface area contributed by atoms with Crippen LogP contribution in [0.5, 0.6) is 5.88 Å². The quantitative estimate of drug-likeness (QED) is 0.246. The Bertz CT molecular complexity index is 1420. The zero-order chi connectivity index (χ0) is 27.3. The molecule has 0 atom stereocenters. The fourth-order valence-corrected chi connectivity index (χ4v) is 4.22. The van der Waals surface area contributed by atoms with Gasteiger partial charge in [-0.05, 0) is 25.5 Å². The van der Waals surface area contributed by atoms with Crippen LogP contribution < -0.4 is 15.4 Å². The average Bonchev–Trinajstić information content (AvgIpc) is 3.54. The summed E-state index contributed by atoms with van der Waals surface area (Å²) in [6.45, 7) is 6.24. The van der Waals surface area contributed by atoms with E-state index in [1.165, 1.54) is 18.5 Å². The summed E-state index contributed by atoms with van der Waals surface area (Å²) >= 11 is 0.824. The van der Waals surface area contributed by atoms with Crippen LogP contribution in [-0.4, -0.2) is 44.3 Å². The molecular weight excluding hydrogens is 523 g/mol. The Morgan fingerprint density at radius 1 is 1.11 bits per heavy atom. The highest BCUT2D eigenvalue weighted by Crippen LogP contribution is 2.40. The van der Waals surface area contributed by atoms with Crippen molar-refractivity contribution in [2.24, 2.45) is 0 Å². The number of anilines is 1. The van der Waals surface area contributed by atoms with Crippen molar-refractivity contribution in [3.8, 4) is 39.0 Å². The van der Waals surface area contributed by atoms with Gasteiger partial charge < -0.3 is 14.5 Å². The average molecular weight is 548 g/mol. The summed E-state index contributed by atoms with van der Waals surface area (Å²) < 4.78 is 51.4. The van der Waals surface area contributed by atoms with Crippen LogP contribution in [0.2, 0.25) is 0 Å².